The fourth-order valence-corrected chi connectivity index (χ4v) is 2.72. The summed E-state index contributed by atoms with van der Waals surface area (Å²) in [4.78, 5) is 8.96. The van der Waals surface area contributed by atoms with E-state index in [9.17, 15) is 0 Å². The molecule has 4 aromatic rings. The number of para-hydroxylation sites is 1. The summed E-state index contributed by atoms with van der Waals surface area (Å²) in [5.74, 6) is 0.506. The Kier molecular flexibility index (Phi) is 3.57. The molecule has 8 nitrogen and oxygen atoms in total. The first-order valence-electron chi connectivity index (χ1n) is 7.89. The van der Waals surface area contributed by atoms with E-state index >= 15 is 0 Å². The Morgan fingerprint density at radius 3 is 2.80 bits per heavy atom. The molecule has 3 N–H and O–H groups in total. The number of anilines is 3. The lowest BCUT2D eigenvalue weighted by molar-refractivity contribution is 0.705. The van der Waals surface area contributed by atoms with Crippen LogP contribution in [0.1, 0.15) is 11.3 Å². The summed E-state index contributed by atoms with van der Waals surface area (Å²) >= 11 is 0. The van der Waals surface area contributed by atoms with Crippen molar-refractivity contribution in [1.29, 1.82) is 0 Å². The largest absolute Gasteiger partial charge is 0.398 e. The Morgan fingerprint density at radius 1 is 1.20 bits per heavy atom. The summed E-state index contributed by atoms with van der Waals surface area (Å²) in [5.41, 5.74) is 10.3. The Labute approximate surface area is 144 Å². The molecule has 0 saturated carbocycles. The molecule has 3 aromatic heterocycles. The van der Waals surface area contributed by atoms with Gasteiger partial charge in [0.05, 0.1) is 29.5 Å². The first-order chi connectivity index (χ1) is 12.1. The third-order valence-electron chi connectivity index (χ3n) is 4.01. The Hall–Kier alpha value is -3.42. The second-order valence-corrected chi connectivity index (χ2v) is 5.90. The van der Waals surface area contributed by atoms with Gasteiger partial charge in [0.25, 0.3) is 0 Å². The smallest absolute Gasteiger partial charge is 0.229 e. The molecule has 4 rings (SSSR count). The molecule has 0 fully saturated rings. The highest BCUT2D eigenvalue weighted by Crippen LogP contribution is 2.20. The zero-order chi connectivity index (χ0) is 17.4. The molecular formula is C17H18N8. The number of hydrogen-bond acceptors (Lipinski definition) is 6. The van der Waals surface area contributed by atoms with Gasteiger partial charge in [0.2, 0.25) is 5.95 Å². The predicted molar refractivity (Wildman–Crippen MR) is 96.5 cm³/mol. The number of hydrogen-bond donors (Lipinski definition) is 2. The summed E-state index contributed by atoms with van der Waals surface area (Å²) in [6.45, 7) is 2.49. The van der Waals surface area contributed by atoms with E-state index in [1.54, 1.807) is 17.1 Å². The summed E-state index contributed by atoms with van der Waals surface area (Å²) in [7, 11) is 1.88. The van der Waals surface area contributed by atoms with Crippen LogP contribution in [0, 0.1) is 6.92 Å². The van der Waals surface area contributed by atoms with Gasteiger partial charge in [0, 0.05) is 25.1 Å². The molecule has 3 heterocycles. The van der Waals surface area contributed by atoms with Gasteiger partial charge in [0.1, 0.15) is 0 Å². The summed E-state index contributed by atoms with van der Waals surface area (Å²) < 4.78 is 3.57. The number of rotatable bonds is 4. The molecule has 1 aromatic carbocycles. The van der Waals surface area contributed by atoms with Crippen LogP contribution >= 0.6 is 0 Å². The van der Waals surface area contributed by atoms with Crippen molar-refractivity contribution >= 4 is 28.4 Å². The van der Waals surface area contributed by atoms with Crippen molar-refractivity contribution in [1.82, 2.24) is 29.5 Å². The van der Waals surface area contributed by atoms with Crippen LogP contribution in [-0.2, 0) is 13.6 Å². The molecule has 25 heavy (non-hydrogen) atoms. The maximum Gasteiger partial charge on any atom is 0.229 e. The number of fused-ring (bicyclic) bond motifs is 1. The van der Waals surface area contributed by atoms with E-state index in [1.807, 2.05) is 49.1 Å². The molecule has 0 spiro atoms. The molecule has 0 unspecified atom stereocenters. The van der Waals surface area contributed by atoms with Crippen LogP contribution in [0.2, 0.25) is 0 Å². The number of nitrogens with one attached hydrogen (secondary N) is 1. The SMILES string of the molecule is Cc1nn(C)cc1Nc1ncc2cnn(Cc3ccccc3N)c2n1. The highest BCUT2D eigenvalue weighted by molar-refractivity contribution is 5.75. The fourth-order valence-electron chi connectivity index (χ4n) is 2.72. The highest BCUT2D eigenvalue weighted by Gasteiger charge is 2.10. The van der Waals surface area contributed by atoms with Gasteiger partial charge < -0.3 is 11.1 Å². The van der Waals surface area contributed by atoms with E-state index in [0.717, 1.165) is 33.7 Å². The molecular weight excluding hydrogens is 316 g/mol. The van der Waals surface area contributed by atoms with Gasteiger partial charge in [-0.15, -0.1) is 0 Å². The maximum absolute atomic E-state index is 6.04. The van der Waals surface area contributed by atoms with Gasteiger partial charge in [0.15, 0.2) is 5.65 Å². The molecule has 0 radical (unpaired) electrons. The van der Waals surface area contributed by atoms with Crippen LogP contribution < -0.4 is 11.1 Å². The molecule has 0 bridgehead atoms. The van der Waals surface area contributed by atoms with Crippen molar-refractivity contribution in [2.75, 3.05) is 11.1 Å². The number of nitrogens with two attached hydrogens (primary N) is 1. The second-order valence-electron chi connectivity index (χ2n) is 5.90. The molecule has 126 valence electrons. The number of benzene rings is 1. The minimum atomic E-state index is 0.506. The molecule has 0 saturated heterocycles. The average Bonchev–Trinajstić information content (AvgIpc) is 3.12. The predicted octanol–water partition coefficient (Wildman–Crippen LogP) is 2.24. The van der Waals surface area contributed by atoms with E-state index < -0.39 is 0 Å². The highest BCUT2D eigenvalue weighted by atomic mass is 15.3. The van der Waals surface area contributed by atoms with Gasteiger partial charge >= 0.3 is 0 Å². The Bertz CT molecular complexity index is 1050. The van der Waals surface area contributed by atoms with Crippen LogP contribution in [0.4, 0.5) is 17.3 Å². The van der Waals surface area contributed by atoms with Gasteiger partial charge in [-0.05, 0) is 18.6 Å². The van der Waals surface area contributed by atoms with Gasteiger partial charge in [-0.1, -0.05) is 18.2 Å². The van der Waals surface area contributed by atoms with Crippen molar-refractivity contribution in [3.63, 3.8) is 0 Å². The van der Waals surface area contributed by atoms with Gasteiger partial charge in [-0.25, -0.2) is 9.67 Å². The summed E-state index contributed by atoms with van der Waals surface area (Å²) in [6, 6.07) is 7.75. The molecule has 0 atom stereocenters. The summed E-state index contributed by atoms with van der Waals surface area (Å²) in [6.07, 6.45) is 5.41. The van der Waals surface area contributed by atoms with Crippen molar-refractivity contribution < 1.29 is 0 Å². The van der Waals surface area contributed by atoms with Crippen LogP contribution in [0.5, 0.6) is 0 Å². The van der Waals surface area contributed by atoms with E-state index in [2.05, 4.69) is 25.5 Å². The van der Waals surface area contributed by atoms with E-state index in [0.29, 0.717) is 12.5 Å². The zero-order valence-corrected chi connectivity index (χ0v) is 14.0. The van der Waals surface area contributed by atoms with Gasteiger partial charge in [-0.3, -0.25) is 4.68 Å². The third kappa shape index (κ3) is 2.89. The van der Waals surface area contributed by atoms with Gasteiger partial charge in [-0.2, -0.15) is 15.2 Å². The number of aromatic nitrogens is 6. The Morgan fingerprint density at radius 2 is 2.04 bits per heavy atom. The lowest BCUT2D eigenvalue weighted by Crippen LogP contribution is -2.06. The van der Waals surface area contributed by atoms with Crippen LogP contribution in [0.25, 0.3) is 11.0 Å². The molecule has 0 aliphatic heterocycles. The van der Waals surface area contributed by atoms with Crippen molar-refractivity contribution in [2.24, 2.45) is 7.05 Å². The number of nitrogens with zero attached hydrogens (tertiary/aromatic N) is 6. The van der Waals surface area contributed by atoms with Crippen LogP contribution in [0.15, 0.2) is 42.9 Å². The summed E-state index contributed by atoms with van der Waals surface area (Å²) in [5, 5.41) is 12.8. The quantitative estimate of drug-likeness (QED) is 0.555. The lowest BCUT2D eigenvalue weighted by Gasteiger charge is -2.07. The minimum Gasteiger partial charge on any atom is -0.398 e. The zero-order valence-electron chi connectivity index (χ0n) is 14.0. The normalized spacial score (nSPS) is 11.1. The van der Waals surface area contributed by atoms with Crippen LogP contribution in [0.3, 0.4) is 0 Å². The minimum absolute atomic E-state index is 0.506. The first kappa shape index (κ1) is 15.1. The van der Waals surface area contributed by atoms with E-state index in [4.69, 9.17) is 5.73 Å². The third-order valence-corrected chi connectivity index (χ3v) is 4.01. The fraction of sp³-hybridized carbons (Fsp3) is 0.176. The number of nitrogen functional groups attached to an aromatic ring is 1. The van der Waals surface area contributed by atoms with Crippen molar-refractivity contribution in [3.05, 3.63) is 54.1 Å². The van der Waals surface area contributed by atoms with Crippen molar-refractivity contribution in [2.45, 2.75) is 13.5 Å². The molecule has 0 aliphatic rings. The average molecular weight is 334 g/mol. The number of aryl methyl sites for hydroxylation is 2. The first-order valence-corrected chi connectivity index (χ1v) is 7.89. The van der Waals surface area contributed by atoms with E-state index in [-0.39, 0.29) is 0 Å². The van der Waals surface area contributed by atoms with Crippen LogP contribution in [-0.4, -0.2) is 29.5 Å². The lowest BCUT2D eigenvalue weighted by atomic mass is 10.2. The monoisotopic (exact) mass is 334 g/mol. The van der Waals surface area contributed by atoms with E-state index in [1.165, 1.54) is 0 Å². The molecule has 8 heteroatoms. The second kappa shape index (κ2) is 5.90. The Balaban J connectivity index is 1.68. The molecule has 0 aliphatic carbocycles. The van der Waals surface area contributed by atoms with Crippen molar-refractivity contribution in [3.8, 4) is 0 Å². The maximum atomic E-state index is 6.04. The topological polar surface area (TPSA) is 99.5 Å². The molecule has 0 amide bonds. The standard InChI is InChI=1S/C17H18N8/c1-11-15(10-24(2)23-11)21-17-19-7-13-8-20-25(16(13)22-17)9-12-5-3-4-6-14(12)18/h3-8,10H,9,18H2,1-2H3,(H,19,21,22).